The summed E-state index contributed by atoms with van der Waals surface area (Å²) in [6, 6.07) is 8.15. The first-order valence-corrected chi connectivity index (χ1v) is 14.9. The van der Waals surface area contributed by atoms with E-state index in [-0.39, 0.29) is 48.4 Å². The van der Waals surface area contributed by atoms with Crippen LogP contribution >= 0.6 is 0 Å². The minimum absolute atomic E-state index is 0.0164. The number of aromatic nitrogens is 5. The number of aryl methyl sites for hydroxylation is 3. The highest BCUT2D eigenvalue weighted by molar-refractivity contribution is 5.91. The molecule has 6 heterocycles. The molecule has 1 aliphatic heterocycles. The van der Waals surface area contributed by atoms with Gasteiger partial charge in [-0.05, 0) is 55.6 Å². The minimum Gasteiger partial charge on any atom is -0.475 e. The van der Waals surface area contributed by atoms with E-state index in [9.17, 15) is 9.59 Å². The molecule has 0 spiro atoms. The van der Waals surface area contributed by atoms with Crippen molar-refractivity contribution < 1.29 is 47.0 Å². The van der Waals surface area contributed by atoms with Gasteiger partial charge < -0.3 is 42.7 Å². The normalized spacial score (nSPS) is 14.0. The zero-order chi connectivity index (χ0) is 33.2. The molecule has 0 radical (unpaired) electrons. The summed E-state index contributed by atoms with van der Waals surface area (Å²) in [4.78, 5) is 27.0. The van der Waals surface area contributed by atoms with Crippen LogP contribution in [0.3, 0.4) is 0 Å². The molecule has 1 amide bonds. The summed E-state index contributed by atoms with van der Waals surface area (Å²) in [7, 11) is 0. The van der Waals surface area contributed by atoms with E-state index in [0.29, 0.717) is 35.9 Å². The summed E-state index contributed by atoms with van der Waals surface area (Å²) in [6.07, 6.45) is 5.43. The number of carbonyl (C=O) groups excluding carboxylic acids is 1. The number of carbonyl (C=O) groups is 2. The van der Waals surface area contributed by atoms with Crippen molar-refractivity contribution in [3.63, 3.8) is 0 Å². The van der Waals surface area contributed by atoms with Crippen molar-refractivity contribution >= 4 is 11.9 Å². The number of carboxylic acids is 1. The highest BCUT2D eigenvalue weighted by Crippen LogP contribution is 2.25. The molecule has 6 rings (SSSR count). The van der Waals surface area contributed by atoms with Gasteiger partial charge in [-0.25, -0.2) is 4.79 Å². The van der Waals surface area contributed by atoms with E-state index >= 15 is 0 Å². The molecular weight excluding hydrogens is 616 g/mol. The highest BCUT2D eigenvalue weighted by atomic mass is 16.5. The molecule has 0 bridgehead atoms. The van der Waals surface area contributed by atoms with Crippen LogP contribution in [0.1, 0.15) is 75.6 Å². The summed E-state index contributed by atoms with van der Waals surface area (Å²) < 4.78 is 36.4. The largest absolute Gasteiger partial charge is 0.475 e. The van der Waals surface area contributed by atoms with Crippen molar-refractivity contribution in [2.24, 2.45) is 0 Å². The number of hydrogen-bond acceptors (Lipinski definition) is 14. The highest BCUT2D eigenvalue weighted by Gasteiger charge is 2.22. The summed E-state index contributed by atoms with van der Waals surface area (Å²) in [5.74, 6) is -0.0475. The van der Waals surface area contributed by atoms with E-state index in [1.54, 1.807) is 25.3 Å². The first-order chi connectivity index (χ1) is 22.8. The Balaban J connectivity index is 0.000000186. The van der Waals surface area contributed by atoms with E-state index in [4.69, 9.17) is 32.9 Å². The summed E-state index contributed by atoms with van der Waals surface area (Å²) in [5.41, 5.74) is 3.76. The van der Waals surface area contributed by atoms with Crippen molar-refractivity contribution in [1.29, 1.82) is 0 Å². The van der Waals surface area contributed by atoms with Gasteiger partial charge in [-0.15, -0.1) is 0 Å². The molecule has 16 nitrogen and oxygen atoms in total. The summed E-state index contributed by atoms with van der Waals surface area (Å²) in [6.45, 7) is 7.30. The third-order valence-electron chi connectivity index (χ3n) is 7.13. The van der Waals surface area contributed by atoms with Crippen LogP contribution < -0.4 is 14.8 Å². The maximum Gasteiger partial charge on any atom is 0.374 e. The monoisotopic (exact) mass is 650 g/mol. The van der Waals surface area contributed by atoms with Crippen molar-refractivity contribution in [3.8, 4) is 23.1 Å². The van der Waals surface area contributed by atoms with E-state index < -0.39 is 5.97 Å². The number of nitrogens with one attached hydrogen (secondary N) is 1. The van der Waals surface area contributed by atoms with Crippen LogP contribution in [0.4, 0.5) is 0 Å². The molecule has 16 heteroatoms. The van der Waals surface area contributed by atoms with Gasteiger partial charge in [0.25, 0.3) is 17.7 Å². The number of nitrogens with zero attached hydrogens (tertiary/aromatic N) is 5. The first kappa shape index (κ1) is 32.9. The average molecular weight is 651 g/mol. The number of pyridine rings is 1. The molecule has 1 aliphatic rings. The number of aromatic carboxylic acids is 1. The molecule has 0 saturated carbocycles. The van der Waals surface area contributed by atoms with Crippen LogP contribution in [-0.2, 0) is 24.4 Å². The van der Waals surface area contributed by atoms with Gasteiger partial charge in [0.1, 0.15) is 30.4 Å². The van der Waals surface area contributed by atoms with Gasteiger partial charge in [-0.2, -0.15) is 0 Å². The lowest BCUT2D eigenvalue weighted by Gasteiger charge is -2.07. The van der Waals surface area contributed by atoms with Crippen LogP contribution in [0.2, 0.25) is 0 Å². The SMILES string of the molecule is CCCCc1noc(C)c1COc1cc(C(=O)N[C@@H]2CCOC2)on1.Cc1onc(-c2ccccn2)c1COc1cc(C(=O)O)on1. The standard InChI is InChI=1S/C17H23N3O5.C14H11N3O5/c1-3-4-5-14-13(11(2)24-19-14)10-23-16-8-15(25-20-16)17(21)18-12-6-7-22-9-12;1-8-9(7-20-12-6-11(14(18)19)22-16-12)13(17-21-8)10-4-2-3-5-15-10/h8,12H,3-7,9-10H2,1-2H3,(H,18,21);2-6H,7H2,1H3,(H,18,19)/t12-;/m1./s1. The van der Waals surface area contributed by atoms with E-state index in [0.717, 1.165) is 42.7 Å². The lowest BCUT2D eigenvalue weighted by molar-refractivity contribution is 0.0651. The predicted molar refractivity (Wildman–Crippen MR) is 160 cm³/mol. The average Bonchev–Trinajstić information content (AvgIpc) is 3.91. The Morgan fingerprint density at radius 1 is 0.936 bits per heavy atom. The Morgan fingerprint density at radius 2 is 1.64 bits per heavy atom. The van der Waals surface area contributed by atoms with Crippen LogP contribution in [0.25, 0.3) is 11.4 Å². The molecule has 1 fully saturated rings. The van der Waals surface area contributed by atoms with Crippen LogP contribution in [-0.4, -0.2) is 61.8 Å². The fraction of sp³-hybridized carbons (Fsp3) is 0.387. The van der Waals surface area contributed by atoms with Gasteiger partial charge in [0, 0.05) is 12.8 Å². The number of amides is 1. The minimum atomic E-state index is -1.21. The number of ether oxygens (including phenoxy) is 3. The molecule has 0 aliphatic carbocycles. The van der Waals surface area contributed by atoms with Gasteiger partial charge >= 0.3 is 5.97 Å². The Labute approximate surface area is 268 Å². The van der Waals surface area contributed by atoms with E-state index in [2.05, 4.69) is 42.4 Å². The molecule has 2 N–H and O–H groups in total. The second-order valence-electron chi connectivity index (χ2n) is 10.5. The molecule has 1 atom stereocenters. The van der Waals surface area contributed by atoms with Crippen molar-refractivity contribution in [3.05, 3.63) is 76.4 Å². The van der Waals surface area contributed by atoms with Crippen LogP contribution in [0, 0.1) is 13.8 Å². The number of unbranched alkanes of at least 4 members (excludes halogenated alkanes) is 1. The van der Waals surface area contributed by atoms with E-state index in [1.807, 2.05) is 13.0 Å². The van der Waals surface area contributed by atoms with Crippen LogP contribution in [0.15, 0.2) is 54.6 Å². The Kier molecular flexibility index (Phi) is 11.0. The quantitative estimate of drug-likeness (QED) is 0.176. The summed E-state index contributed by atoms with van der Waals surface area (Å²) >= 11 is 0. The van der Waals surface area contributed by atoms with Crippen molar-refractivity contribution in [2.45, 2.75) is 65.7 Å². The van der Waals surface area contributed by atoms with E-state index in [1.165, 1.54) is 12.1 Å². The van der Waals surface area contributed by atoms with Crippen LogP contribution in [0.5, 0.6) is 11.8 Å². The maximum atomic E-state index is 12.1. The van der Waals surface area contributed by atoms with Gasteiger partial charge in [0.05, 0.1) is 47.3 Å². The molecule has 0 aromatic carbocycles. The molecule has 248 valence electrons. The number of rotatable bonds is 13. The Hall–Kier alpha value is -5.51. The predicted octanol–water partition coefficient (Wildman–Crippen LogP) is 4.72. The Morgan fingerprint density at radius 3 is 2.30 bits per heavy atom. The fourth-order valence-corrected chi connectivity index (χ4v) is 4.49. The third-order valence-corrected chi connectivity index (χ3v) is 7.13. The second-order valence-corrected chi connectivity index (χ2v) is 10.5. The van der Waals surface area contributed by atoms with Crippen molar-refractivity contribution in [1.82, 2.24) is 30.9 Å². The Bertz CT molecular complexity index is 1750. The lowest BCUT2D eigenvalue weighted by Crippen LogP contribution is -2.34. The molecule has 5 aromatic heterocycles. The smallest absolute Gasteiger partial charge is 0.374 e. The number of carboxylic acid groups (broad SMARTS) is 1. The van der Waals surface area contributed by atoms with Crippen molar-refractivity contribution in [2.75, 3.05) is 13.2 Å². The first-order valence-electron chi connectivity index (χ1n) is 14.9. The number of hydrogen-bond donors (Lipinski definition) is 2. The summed E-state index contributed by atoms with van der Waals surface area (Å²) in [5, 5.41) is 27.0. The van der Waals surface area contributed by atoms with Gasteiger partial charge in [-0.1, -0.05) is 29.7 Å². The molecule has 47 heavy (non-hydrogen) atoms. The molecule has 5 aromatic rings. The third kappa shape index (κ3) is 8.61. The zero-order valence-electron chi connectivity index (χ0n) is 26.1. The second kappa shape index (κ2) is 15.7. The maximum absolute atomic E-state index is 12.1. The molecule has 1 saturated heterocycles. The van der Waals surface area contributed by atoms with Gasteiger partial charge in [-0.3, -0.25) is 9.78 Å². The lowest BCUT2D eigenvalue weighted by atomic mass is 10.1. The molecular formula is C31H34N6O10. The topological polar surface area (TPSA) is 211 Å². The zero-order valence-corrected chi connectivity index (χ0v) is 26.1. The van der Waals surface area contributed by atoms with Gasteiger partial charge in [0.15, 0.2) is 0 Å². The molecule has 0 unspecified atom stereocenters. The fourth-order valence-electron chi connectivity index (χ4n) is 4.49. The van der Waals surface area contributed by atoms with Gasteiger partial charge in [0.2, 0.25) is 11.5 Å².